The molecule has 0 radical (unpaired) electrons. The van der Waals surface area contributed by atoms with Crippen LogP contribution in [0.4, 0.5) is 4.79 Å². The highest BCUT2D eigenvalue weighted by atomic mass is 16.6. The van der Waals surface area contributed by atoms with Crippen LogP contribution in [-0.2, 0) is 4.74 Å². The Balaban J connectivity index is 1.50. The van der Waals surface area contributed by atoms with Gasteiger partial charge in [0.15, 0.2) is 5.65 Å². The van der Waals surface area contributed by atoms with Crippen LogP contribution in [0, 0.1) is 0 Å². The zero-order chi connectivity index (χ0) is 21.8. The van der Waals surface area contributed by atoms with Crippen LogP contribution in [0.3, 0.4) is 0 Å². The van der Waals surface area contributed by atoms with Crippen LogP contribution in [0.1, 0.15) is 33.2 Å². The molecular weight excluding hydrogens is 396 g/mol. The molecule has 1 aliphatic heterocycles. The number of fused-ring (bicyclic) bond motifs is 2. The Bertz CT molecular complexity index is 1340. The van der Waals surface area contributed by atoms with Gasteiger partial charge in [0.2, 0.25) is 0 Å². The first kappa shape index (κ1) is 19.3. The van der Waals surface area contributed by atoms with Crippen LogP contribution in [-0.4, -0.2) is 53.8 Å². The average molecular weight is 420 g/mol. The van der Waals surface area contributed by atoms with Gasteiger partial charge in [-0.1, -0.05) is 6.07 Å². The topological polar surface area (TPSA) is 97.5 Å². The minimum atomic E-state index is -0.558. The van der Waals surface area contributed by atoms with E-state index in [2.05, 4.69) is 10.1 Å². The molecule has 0 unspecified atom stereocenters. The monoisotopic (exact) mass is 420 g/mol. The zero-order valence-electron chi connectivity index (χ0n) is 17.7. The van der Waals surface area contributed by atoms with E-state index in [1.54, 1.807) is 20.2 Å². The van der Waals surface area contributed by atoms with Crippen molar-refractivity contribution in [1.29, 1.82) is 0 Å². The van der Waals surface area contributed by atoms with Crippen molar-refractivity contribution in [2.75, 3.05) is 13.1 Å². The molecule has 0 bridgehead atoms. The molecule has 5 heterocycles. The molecule has 9 nitrogen and oxygen atoms in total. The molecule has 4 aromatic heterocycles. The fraction of sp³-hybridized carbons (Fsp3) is 0.364. The first-order valence-electron chi connectivity index (χ1n) is 10.3. The van der Waals surface area contributed by atoms with Crippen LogP contribution < -0.4 is 5.69 Å². The SMILES string of the molecule is CC(C)(C)OC(=O)N1CC[C@@H](n2c(=O)[nH]c3ccc(-c4cnn5ccccc45)nc32)C1. The summed E-state index contributed by atoms with van der Waals surface area (Å²) in [5, 5.41) is 4.38. The lowest BCUT2D eigenvalue weighted by molar-refractivity contribution is 0.0289. The number of hydrogen-bond acceptors (Lipinski definition) is 5. The van der Waals surface area contributed by atoms with Crippen molar-refractivity contribution >= 4 is 22.8 Å². The van der Waals surface area contributed by atoms with Gasteiger partial charge in [-0.15, -0.1) is 0 Å². The third-order valence-corrected chi connectivity index (χ3v) is 5.45. The van der Waals surface area contributed by atoms with Crippen LogP contribution in [0.2, 0.25) is 0 Å². The second-order valence-corrected chi connectivity index (χ2v) is 8.83. The maximum Gasteiger partial charge on any atom is 0.410 e. The number of H-pyrrole nitrogens is 1. The van der Waals surface area contributed by atoms with Gasteiger partial charge in [-0.05, 0) is 51.5 Å². The van der Waals surface area contributed by atoms with Crippen LogP contribution in [0.15, 0.2) is 47.5 Å². The van der Waals surface area contributed by atoms with E-state index >= 15 is 0 Å². The van der Waals surface area contributed by atoms with Crippen LogP contribution in [0.5, 0.6) is 0 Å². The number of pyridine rings is 2. The normalized spacial score (nSPS) is 17.0. The van der Waals surface area contributed by atoms with Crippen molar-refractivity contribution in [2.45, 2.75) is 38.8 Å². The third kappa shape index (κ3) is 3.45. The Morgan fingerprint density at radius 2 is 2.06 bits per heavy atom. The van der Waals surface area contributed by atoms with Crippen LogP contribution in [0.25, 0.3) is 27.9 Å². The predicted octanol–water partition coefficient (Wildman–Crippen LogP) is 3.22. The molecule has 1 N–H and O–H groups in total. The van der Waals surface area contributed by atoms with Gasteiger partial charge in [0.05, 0.1) is 29.0 Å². The van der Waals surface area contributed by atoms with Crippen molar-refractivity contribution in [3.8, 4) is 11.3 Å². The molecule has 0 aromatic carbocycles. The molecule has 1 fully saturated rings. The number of imidazole rings is 1. The minimum absolute atomic E-state index is 0.166. The lowest BCUT2D eigenvalue weighted by atomic mass is 10.2. The Hall–Kier alpha value is -3.62. The van der Waals surface area contributed by atoms with E-state index in [4.69, 9.17) is 9.72 Å². The molecule has 1 aliphatic rings. The fourth-order valence-electron chi connectivity index (χ4n) is 4.07. The number of ether oxygens (including phenoxy) is 1. The van der Waals surface area contributed by atoms with E-state index in [0.29, 0.717) is 30.7 Å². The van der Waals surface area contributed by atoms with Crippen molar-refractivity contribution < 1.29 is 9.53 Å². The number of hydrogen-bond donors (Lipinski definition) is 1. The number of likely N-dealkylation sites (tertiary alicyclic amines) is 1. The Labute approximate surface area is 178 Å². The Morgan fingerprint density at radius 3 is 2.87 bits per heavy atom. The molecule has 1 amide bonds. The lowest BCUT2D eigenvalue weighted by Gasteiger charge is -2.24. The lowest BCUT2D eigenvalue weighted by Crippen LogP contribution is -2.36. The molecule has 1 saturated heterocycles. The number of carbonyl (C=O) groups excluding carboxylic acids is 1. The largest absolute Gasteiger partial charge is 0.444 e. The van der Waals surface area contributed by atoms with Crippen LogP contribution >= 0.6 is 0 Å². The number of rotatable bonds is 2. The molecule has 1 atom stereocenters. The number of nitrogens with zero attached hydrogens (tertiary/aromatic N) is 5. The highest BCUT2D eigenvalue weighted by molar-refractivity contribution is 5.82. The van der Waals surface area contributed by atoms with Gasteiger partial charge in [0, 0.05) is 24.8 Å². The molecule has 0 aliphatic carbocycles. The Morgan fingerprint density at radius 1 is 1.23 bits per heavy atom. The van der Waals surface area contributed by atoms with E-state index < -0.39 is 5.60 Å². The maximum absolute atomic E-state index is 12.8. The number of aromatic amines is 1. The molecule has 9 heteroatoms. The number of amides is 1. The third-order valence-electron chi connectivity index (χ3n) is 5.45. The van der Waals surface area contributed by atoms with Gasteiger partial charge >= 0.3 is 11.8 Å². The second kappa shape index (κ2) is 6.97. The first-order valence-corrected chi connectivity index (χ1v) is 10.3. The molecule has 0 spiro atoms. The summed E-state index contributed by atoms with van der Waals surface area (Å²) in [5.41, 5.74) is 3.03. The van der Waals surface area contributed by atoms with E-state index in [-0.39, 0.29) is 17.8 Å². The maximum atomic E-state index is 12.8. The smallest absolute Gasteiger partial charge is 0.410 e. The highest BCUT2D eigenvalue weighted by Crippen LogP contribution is 2.28. The average Bonchev–Trinajstić information content (AvgIpc) is 3.42. The summed E-state index contributed by atoms with van der Waals surface area (Å²) in [4.78, 5) is 34.5. The Kier molecular flexibility index (Phi) is 4.35. The zero-order valence-corrected chi connectivity index (χ0v) is 17.7. The molecule has 4 aromatic rings. The summed E-state index contributed by atoms with van der Waals surface area (Å²) >= 11 is 0. The second-order valence-electron chi connectivity index (χ2n) is 8.83. The number of aromatic nitrogens is 5. The first-order chi connectivity index (χ1) is 14.8. The van der Waals surface area contributed by atoms with Gasteiger partial charge in [-0.3, -0.25) is 4.57 Å². The minimum Gasteiger partial charge on any atom is -0.444 e. The quantitative estimate of drug-likeness (QED) is 0.537. The van der Waals surface area contributed by atoms with Crippen molar-refractivity contribution in [3.63, 3.8) is 0 Å². The number of carbonyl (C=O) groups is 1. The van der Waals surface area contributed by atoms with Gasteiger partial charge in [0.25, 0.3) is 0 Å². The van der Waals surface area contributed by atoms with Crippen molar-refractivity contribution in [3.05, 3.63) is 53.2 Å². The van der Waals surface area contributed by atoms with Gasteiger partial charge < -0.3 is 14.6 Å². The summed E-state index contributed by atoms with van der Waals surface area (Å²) in [6.07, 6.45) is 3.96. The molecule has 160 valence electrons. The molecule has 0 saturated carbocycles. The molecule has 31 heavy (non-hydrogen) atoms. The summed E-state index contributed by atoms with van der Waals surface area (Å²) in [7, 11) is 0. The predicted molar refractivity (Wildman–Crippen MR) is 116 cm³/mol. The van der Waals surface area contributed by atoms with E-state index in [9.17, 15) is 9.59 Å². The number of nitrogens with one attached hydrogen (secondary N) is 1. The standard InChI is InChI=1S/C22H24N6O3/c1-22(2,3)31-21(30)26-11-9-14(13-26)28-19-17(25-20(28)29)8-7-16(24-19)15-12-23-27-10-5-4-6-18(15)27/h4-8,10,12,14H,9,11,13H2,1-3H3,(H,25,29)/t14-/m1/s1. The van der Waals surface area contributed by atoms with Gasteiger partial charge in [-0.25, -0.2) is 19.1 Å². The fourth-order valence-corrected chi connectivity index (χ4v) is 4.07. The van der Waals surface area contributed by atoms with E-state index in [0.717, 1.165) is 16.8 Å². The van der Waals surface area contributed by atoms with Crippen molar-refractivity contribution in [2.24, 2.45) is 0 Å². The molecular formula is C22H24N6O3. The molecule has 5 rings (SSSR count). The van der Waals surface area contributed by atoms with E-state index in [1.165, 1.54) is 0 Å². The summed E-state index contributed by atoms with van der Waals surface area (Å²) < 4.78 is 8.94. The summed E-state index contributed by atoms with van der Waals surface area (Å²) in [6, 6.07) is 9.43. The summed E-state index contributed by atoms with van der Waals surface area (Å²) in [6.45, 7) is 6.47. The summed E-state index contributed by atoms with van der Waals surface area (Å²) in [5.74, 6) is 0. The van der Waals surface area contributed by atoms with Crippen molar-refractivity contribution in [1.82, 2.24) is 29.0 Å². The highest BCUT2D eigenvalue weighted by Gasteiger charge is 2.32. The van der Waals surface area contributed by atoms with E-state index in [1.807, 2.05) is 57.3 Å². The van der Waals surface area contributed by atoms with Gasteiger partial charge in [-0.2, -0.15) is 5.10 Å². The van der Waals surface area contributed by atoms with Gasteiger partial charge in [0.1, 0.15) is 5.60 Å².